The van der Waals surface area contributed by atoms with Crippen LogP contribution in [0.15, 0.2) is 91.9 Å². The molecule has 58 heavy (non-hydrogen) atoms. The van der Waals surface area contributed by atoms with Gasteiger partial charge in [-0.2, -0.15) is 0 Å². The van der Waals surface area contributed by atoms with Crippen LogP contribution in [0, 0.1) is 0 Å². The number of amides is 1. The van der Waals surface area contributed by atoms with Crippen LogP contribution >= 0.6 is 0 Å². The van der Waals surface area contributed by atoms with E-state index in [0.29, 0.717) is 51.6 Å². The first-order valence-corrected chi connectivity index (χ1v) is 20.8. The van der Waals surface area contributed by atoms with Gasteiger partial charge in [-0.3, -0.25) is 14.6 Å². The lowest BCUT2D eigenvalue weighted by molar-refractivity contribution is -0.140. The smallest absolute Gasteiger partial charge is 0.305 e. The number of pyridine rings is 1. The van der Waals surface area contributed by atoms with E-state index in [1.54, 1.807) is 12.4 Å². The molecule has 1 atom stereocenters. The first-order chi connectivity index (χ1) is 28.3. The summed E-state index contributed by atoms with van der Waals surface area (Å²) in [6.45, 7) is 16.6. The SMILES string of the molecule is C=C(NC(=C)C1(Nc2cccc(C(=O)NC(C)c3ccc(OCCCCCCOCCOCCOCCCCCC(=O)OC)cc3)c2)CCNCC1)c1ccncc1. The van der Waals surface area contributed by atoms with Gasteiger partial charge in [-0.25, -0.2) is 0 Å². The minimum absolute atomic E-state index is 0.142. The fourth-order valence-electron chi connectivity index (χ4n) is 6.66. The van der Waals surface area contributed by atoms with Gasteiger partial charge in [-0.1, -0.05) is 44.2 Å². The van der Waals surface area contributed by atoms with E-state index in [9.17, 15) is 9.59 Å². The maximum Gasteiger partial charge on any atom is 0.305 e. The number of nitrogens with zero attached hydrogens (tertiary/aromatic N) is 1. The summed E-state index contributed by atoms with van der Waals surface area (Å²) < 4.78 is 27.4. The van der Waals surface area contributed by atoms with Crippen molar-refractivity contribution in [1.29, 1.82) is 0 Å². The molecule has 2 aromatic carbocycles. The lowest BCUT2D eigenvalue weighted by atomic mass is 9.84. The molecule has 1 aliphatic heterocycles. The van der Waals surface area contributed by atoms with Gasteiger partial charge in [0, 0.05) is 60.2 Å². The predicted octanol–water partition coefficient (Wildman–Crippen LogP) is 7.60. The lowest BCUT2D eigenvalue weighted by Gasteiger charge is -2.41. The van der Waals surface area contributed by atoms with Crippen LogP contribution in [0.5, 0.6) is 5.75 Å². The number of carbonyl (C=O) groups is 2. The summed E-state index contributed by atoms with van der Waals surface area (Å²) in [6, 6.07) is 19.2. The first kappa shape index (κ1) is 45.9. The van der Waals surface area contributed by atoms with Gasteiger partial charge >= 0.3 is 5.97 Å². The number of carbonyl (C=O) groups excluding carboxylic acids is 2. The quantitative estimate of drug-likeness (QED) is 0.0408. The molecule has 1 saturated heterocycles. The topological polar surface area (TPSA) is 141 Å². The average molecular weight is 800 g/mol. The van der Waals surface area contributed by atoms with Crippen LogP contribution in [-0.2, 0) is 23.7 Å². The largest absolute Gasteiger partial charge is 0.494 e. The number of ether oxygens (including phenoxy) is 5. The number of aromatic nitrogens is 1. The van der Waals surface area contributed by atoms with Crippen molar-refractivity contribution >= 4 is 23.3 Å². The van der Waals surface area contributed by atoms with Crippen LogP contribution in [0.2, 0.25) is 0 Å². The highest BCUT2D eigenvalue weighted by molar-refractivity contribution is 5.95. The second-order valence-corrected chi connectivity index (χ2v) is 14.6. The molecule has 4 rings (SSSR count). The van der Waals surface area contributed by atoms with Gasteiger partial charge in [0.1, 0.15) is 5.75 Å². The van der Waals surface area contributed by atoms with E-state index in [2.05, 4.69) is 44.1 Å². The van der Waals surface area contributed by atoms with Crippen molar-refractivity contribution < 1.29 is 33.3 Å². The van der Waals surface area contributed by atoms with Crippen LogP contribution in [0.4, 0.5) is 5.69 Å². The Balaban J connectivity index is 1.07. The van der Waals surface area contributed by atoms with Gasteiger partial charge in [-0.05, 0) is 113 Å². The van der Waals surface area contributed by atoms with Gasteiger partial charge in [0.05, 0.1) is 51.7 Å². The Labute approximate surface area is 345 Å². The molecular formula is C46H65N5O7. The molecule has 1 unspecified atom stereocenters. The Morgan fingerprint density at radius 3 is 2.05 bits per heavy atom. The zero-order valence-electron chi connectivity index (χ0n) is 34.7. The Bertz CT molecular complexity index is 1660. The van der Waals surface area contributed by atoms with Gasteiger partial charge in [0.25, 0.3) is 5.91 Å². The van der Waals surface area contributed by atoms with Crippen molar-refractivity contribution in [2.75, 3.05) is 71.8 Å². The Kier molecular flexibility index (Phi) is 20.8. The monoisotopic (exact) mass is 799 g/mol. The number of hydrogen-bond acceptors (Lipinski definition) is 11. The van der Waals surface area contributed by atoms with Gasteiger partial charge in [-0.15, -0.1) is 0 Å². The van der Waals surface area contributed by atoms with Gasteiger partial charge in [0.15, 0.2) is 0 Å². The summed E-state index contributed by atoms with van der Waals surface area (Å²) in [7, 11) is 1.41. The summed E-state index contributed by atoms with van der Waals surface area (Å²) >= 11 is 0. The summed E-state index contributed by atoms with van der Waals surface area (Å²) in [5.41, 5.74) is 4.57. The van der Waals surface area contributed by atoms with Crippen molar-refractivity contribution in [1.82, 2.24) is 20.9 Å². The minimum Gasteiger partial charge on any atom is -0.494 e. The van der Waals surface area contributed by atoms with E-state index in [4.69, 9.17) is 18.9 Å². The number of nitrogens with one attached hydrogen (secondary N) is 4. The van der Waals surface area contributed by atoms with E-state index in [1.165, 1.54) is 7.11 Å². The van der Waals surface area contributed by atoms with E-state index >= 15 is 0 Å². The Morgan fingerprint density at radius 1 is 0.776 bits per heavy atom. The molecule has 3 aromatic rings. The number of anilines is 1. The number of benzene rings is 2. The first-order valence-electron chi connectivity index (χ1n) is 20.8. The maximum absolute atomic E-state index is 13.4. The van der Waals surface area contributed by atoms with E-state index in [-0.39, 0.29) is 17.9 Å². The number of esters is 1. The third-order valence-corrected chi connectivity index (χ3v) is 10.2. The third kappa shape index (κ3) is 16.6. The second kappa shape index (κ2) is 26.3. The molecule has 1 fully saturated rings. The molecule has 316 valence electrons. The lowest BCUT2D eigenvalue weighted by Crippen LogP contribution is -2.51. The zero-order valence-corrected chi connectivity index (χ0v) is 34.7. The molecule has 0 radical (unpaired) electrons. The molecule has 1 amide bonds. The summed E-state index contributed by atoms with van der Waals surface area (Å²) in [5, 5.41) is 13.8. The minimum atomic E-state index is -0.423. The Morgan fingerprint density at radius 2 is 1.40 bits per heavy atom. The van der Waals surface area contributed by atoms with Crippen molar-refractivity contribution in [3.05, 3.63) is 109 Å². The number of unbranched alkanes of at least 4 members (excludes halogenated alkanes) is 5. The third-order valence-electron chi connectivity index (χ3n) is 10.2. The maximum atomic E-state index is 13.4. The number of piperidine rings is 1. The molecule has 1 aromatic heterocycles. The van der Waals surface area contributed by atoms with Crippen molar-refractivity contribution in [2.24, 2.45) is 0 Å². The van der Waals surface area contributed by atoms with Crippen LogP contribution in [-0.4, -0.2) is 88.8 Å². The van der Waals surface area contributed by atoms with Crippen LogP contribution in [0.1, 0.15) is 98.7 Å². The molecule has 4 N–H and O–H groups in total. The van der Waals surface area contributed by atoms with Crippen LogP contribution in [0.3, 0.4) is 0 Å². The van der Waals surface area contributed by atoms with Crippen LogP contribution < -0.4 is 26.0 Å². The predicted molar refractivity (Wildman–Crippen MR) is 230 cm³/mol. The molecule has 2 heterocycles. The van der Waals surface area contributed by atoms with E-state index in [0.717, 1.165) is 111 Å². The standard InChI is InChI=1S/C46H65N5O7/c1-36(40-20-24-47-25-21-40)49-38(3)46(22-26-48-27-23-46)51-42-14-12-13-41(35-42)45(53)50-37(2)39-16-18-43(19-17-39)58-30-11-6-5-9-28-55-31-33-57-34-32-56-29-10-7-8-15-44(52)54-4/h12-14,16-21,24-25,35,37,48-49,51H,1,3,5-11,15,22-23,26-34H2,2,4H3,(H,50,53). The number of rotatable bonds is 29. The highest BCUT2D eigenvalue weighted by atomic mass is 16.5. The Hall–Kier alpha value is -4.75. The summed E-state index contributed by atoms with van der Waals surface area (Å²) in [6.07, 6.45) is 12.5. The van der Waals surface area contributed by atoms with Crippen LogP contribution in [0.25, 0.3) is 5.70 Å². The normalized spacial score (nSPS) is 13.9. The fraction of sp³-hybridized carbons (Fsp3) is 0.500. The van der Waals surface area contributed by atoms with E-state index < -0.39 is 5.54 Å². The van der Waals surface area contributed by atoms with E-state index in [1.807, 2.05) is 67.6 Å². The molecule has 0 spiro atoms. The highest BCUT2D eigenvalue weighted by Gasteiger charge is 2.35. The zero-order chi connectivity index (χ0) is 41.3. The number of hydrogen-bond donors (Lipinski definition) is 4. The van der Waals surface area contributed by atoms with Crippen molar-refractivity contribution in [2.45, 2.75) is 82.7 Å². The highest BCUT2D eigenvalue weighted by Crippen LogP contribution is 2.31. The summed E-state index contributed by atoms with van der Waals surface area (Å²) in [4.78, 5) is 28.6. The molecule has 12 heteroatoms. The van der Waals surface area contributed by atoms with Crippen molar-refractivity contribution in [3.63, 3.8) is 0 Å². The second-order valence-electron chi connectivity index (χ2n) is 14.6. The number of methoxy groups -OCH3 is 1. The molecule has 12 nitrogen and oxygen atoms in total. The fourth-order valence-corrected chi connectivity index (χ4v) is 6.66. The molecule has 0 bridgehead atoms. The van der Waals surface area contributed by atoms with Crippen molar-refractivity contribution in [3.8, 4) is 5.75 Å². The molecule has 1 aliphatic rings. The van der Waals surface area contributed by atoms with Gasteiger partial charge < -0.3 is 45.0 Å². The van der Waals surface area contributed by atoms with Gasteiger partial charge in [0.2, 0.25) is 0 Å². The molecule has 0 aliphatic carbocycles. The summed E-state index contributed by atoms with van der Waals surface area (Å²) in [5.74, 6) is 0.518. The molecule has 0 saturated carbocycles. The molecular weight excluding hydrogens is 735 g/mol. The average Bonchev–Trinajstić information content (AvgIpc) is 3.25.